The highest BCUT2D eigenvalue weighted by atomic mass is 32.2. The van der Waals surface area contributed by atoms with Crippen molar-refractivity contribution in [2.24, 2.45) is 0 Å². The van der Waals surface area contributed by atoms with Gasteiger partial charge >= 0.3 is 0 Å². The third-order valence-corrected chi connectivity index (χ3v) is 8.41. The van der Waals surface area contributed by atoms with E-state index in [1.54, 1.807) is 0 Å². The number of benzene rings is 2. The third-order valence-electron chi connectivity index (χ3n) is 4.74. The van der Waals surface area contributed by atoms with Crippen LogP contribution in [0.25, 0.3) is 5.57 Å². The Balaban J connectivity index is 2.07. The number of hydrogen-bond donors (Lipinski definition) is 0. The molecular weight excluding hydrogens is 400 g/mol. The number of carbonyl (C=O) groups is 1. The minimum Gasteiger partial charge on any atom is -0.286 e. The van der Waals surface area contributed by atoms with Gasteiger partial charge in [-0.3, -0.25) is 4.79 Å². The van der Waals surface area contributed by atoms with Gasteiger partial charge in [0.25, 0.3) is 0 Å². The van der Waals surface area contributed by atoms with Crippen LogP contribution in [0.4, 0.5) is 0 Å². The third kappa shape index (κ3) is 5.71. The summed E-state index contributed by atoms with van der Waals surface area (Å²) in [7, 11) is 0. The second kappa shape index (κ2) is 11.2. The Bertz CT molecular complexity index is 788. The predicted octanol–water partition coefficient (Wildman–Crippen LogP) is 7.38. The largest absolute Gasteiger partial charge is 0.286 e. The van der Waals surface area contributed by atoms with Crippen molar-refractivity contribution >= 4 is 46.0 Å². The molecule has 0 spiro atoms. The van der Waals surface area contributed by atoms with Crippen molar-refractivity contribution in [3.05, 3.63) is 75.5 Å². The topological polar surface area (TPSA) is 17.1 Å². The molecule has 148 valence electrons. The van der Waals surface area contributed by atoms with Crippen LogP contribution in [0.15, 0.2) is 58.8 Å². The Kier molecular flexibility index (Phi) is 8.63. The lowest BCUT2D eigenvalue weighted by atomic mass is 9.88. The van der Waals surface area contributed by atoms with E-state index < -0.39 is 0 Å². The summed E-state index contributed by atoms with van der Waals surface area (Å²) in [4.78, 5) is 13.5. The number of rotatable bonds is 7. The van der Waals surface area contributed by atoms with Gasteiger partial charge in [-0.2, -0.15) is 0 Å². The second-order valence-electron chi connectivity index (χ2n) is 6.98. The van der Waals surface area contributed by atoms with Crippen molar-refractivity contribution < 1.29 is 4.79 Å². The SMILES string of the molecule is CCCCSC(=O)C(C(=C1SCCCS1)c1ccccc1)c1ccc(C)cc1. The first kappa shape index (κ1) is 21.6. The number of unbranched alkanes of at least 4 members (excludes halogenated alkanes) is 1. The molecule has 2 aromatic rings. The molecule has 1 unspecified atom stereocenters. The first-order valence-corrected chi connectivity index (χ1v) is 12.9. The first-order chi connectivity index (χ1) is 13.7. The molecule has 4 heteroatoms. The van der Waals surface area contributed by atoms with Gasteiger partial charge in [-0.25, -0.2) is 0 Å². The van der Waals surface area contributed by atoms with Gasteiger partial charge < -0.3 is 0 Å². The van der Waals surface area contributed by atoms with E-state index in [0.29, 0.717) is 0 Å². The molecule has 3 rings (SSSR count). The van der Waals surface area contributed by atoms with E-state index in [1.165, 1.54) is 39.1 Å². The maximum absolute atomic E-state index is 13.5. The van der Waals surface area contributed by atoms with Crippen molar-refractivity contribution in [3.8, 4) is 0 Å². The average Bonchev–Trinajstić information content (AvgIpc) is 2.74. The number of thioether (sulfide) groups is 3. The molecule has 1 aliphatic rings. The summed E-state index contributed by atoms with van der Waals surface area (Å²) in [5.41, 5.74) is 4.71. The molecule has 0 saturated carbocycles. The summed E-state index contributed by atoms with van der Waals surface area (Å²) in [6, 6.07) is 19.0. The fourth-order valence-corrected chi connectivity index (χ4v) is 6.99. The highest BCUT2D eigenvalue weighted by Gasteiger charge is 2.30. The quantitative estimate of drug-likeness (QED) is 0.428. The van der Waals surface area contributed by atoms with E-state index in [1.807, 2.05) is 29.6 Å². The molecule has 2 aromatic carbocycles. The molecule has 0 bridgehead atoms. The van der Waals surface area contributed by atoms with E-state index in [9.17, 15) is 4.79 Å². The fraction of sp³-hybridized carbons (Fsp3) is 0.375. The van der Waals surface area contributed by atoms with E-state index in [2.05, 4.69) is 62.4 Å². The molecule has 0 radical (unpaired) electrons. The van der Waals surface area contributed by atoms with Crippen LogP contribution in [-0.2, 0) is 4.79 Å². The van der Waals surface area contributed by atoms with Gasteiger partial charge in [0.2, 0.25) is 5.12 Å². The zero-order valence-electron chi connectivity index (χ0n) is 16.6. The predicted molar refractivity (Wildman–Crippen MR) is 129 cm³/mol. The monoisotopic (exact) mass is 428 g/mol. The van der Waals surface area contributed by atoms with Crippen LogP contribution in [0.5, 0.6) is 0 Å². The first-order valence-electron chi connectivity index (χ1n) is 9.99. The minimum absolute atomic E-state index is 0.210. The molecule has 1 nitrogen and oxygen atoms in total. The van der Waals surface area contributed by atoms with E-state index in [4.69, 9.17) is 0 Å². The zero-order valence-corrected chi connectivity index (χ0v) is 19.1. The minimum atomic E-state index is -0.210. The summed E-state index contributed by atoms with van der Waals surface area (Å²) in [6.45, 7) is 4.27. The summed E-state index contributed by atoms with van der Waals surface area (Å²) >= 11 is 5.34. The highest BCUT2D eigenvalue weighted by Crippen LogP contribution is 2.47. The van der Waals surface area contributed by atoms with Gasteiger partial charge in [0, 0.05) is 9.99 Å². The van der Waals surface area contributed by atoms with E-state index in [-0.39, 0.29) is 11.0 Å². The molecule has 0 N–H and O–H groups in total. The van der Waals surface area contributed by atoms with Crippen LogP contribution in [0.3, 0.4) is 0 Å². The Labute approximate surface area is 182 Å². The molecule has 1 saturated heterocycles. The summed E-state index contributed by atoms with van der Waals surface area (Å²) in [5, 5.41) is 0.274. The smallest absolute Gasteiger partial charge is 0.200 e. The number of aryl methyl sites for hydroxylation is 1. The van der Waals surface area contributed by atoms with Crippen molar-refractivity contribution in [1.29, 1.82) is 0 Å². The molecule has 0 aliphatic carbocycles. The Morgan fingerprint density at radius 3 is 2.36 bits per heavy atom. The summed E-state index contributed by atoms with van der Waals surface area (Å²) < 4.78 is 1.33. The molecule has 1 atom stereocenters. The van der Waals surface area contributed by atoms with Gasteiger partial charge in [-0.15, -0.1) is 23.5 Å². The van der Waals surface area contributed by atoms with Gasteiger partial charge in [0.15, 0.2) is 0 Å². The van der Waals surface area contributed by atoms with E-state index >= 15 is 0 Å². The maximum Gasteiger partial charge on any atom is 0.200 e. The van der Waals surface area contributed by atoms with Crippen molar-refractivity contribution in [2.45, 2.75) is 39.0 Å². The molecule has 1 aliphatic heterocycles. The van der Waals surface area contributed by atoms with Gasteiger partial charge in [0.05, 0.1) is 5.92 Å². The van der Waals surface area contributed by atoms with Gasteiger partial charge in [0.1, 0.15) is 0 Å². The van der Waals surface area contributed by atoms with Crippen LogP contribution >= 0.6 is 35.3 Å². The van der Waals surface area contributed by atoms with Crippen LogP contribution in [0.1, 0.15) is 48.8 Å². The number of allylic oxidation sites excluding steroid dienone is 1. The normalized spacial score (nSPS) is 15.3. The number of carbonyl (C=O) groups excluding carboxylic acids is 1. The molecule has 0 amide bonds. The molecule has 28 heavy (non-hydrogen) atoms. The molecular formula is C24H28OS3. The lowest BCUT2D eigenvalue weighted by Crippen LogP contribution is -2.14. The standard InChI is InChI=1S/C24H28OS3/c1-3-4-15-26-23(25)21(20-13-11-18(2)12-14-20)22(19-9-6-5-7-10-19)24-27-16-8-17-28-24/h5-7,9-14,21H,3-4,8,15-17H2,1-2H3. The molecule has 1 fully saturated rings. The van der Waals surface area contributed by atoms with Gasteiger partial charge in [-0.1, -0.05) is 85.3 Å². The highest BCUT2D eigenvalue weighted by molar-refractivity contribution is 8.23. The molecule has 0 aromatic heterocycles. The van der Waals surface area contributed by atoms with Crippen LogP contribution in [0, 0.1) is 6.92 Å². The van der Waals surface area contributed by atoms with Crippen molar-refractivity contribution in [3.63, 3.8) is 0 Å². The maximum atomic E-state index is 13.5. The van der Waals surface area contributed by atoms with Gasteiger partial charge in [-0.05, 0) is 48.0 Å². The van der Waals surface area contributed by atoms with Crippen LogP contribution in [-0.4, -0.2) is 22.4 Å². The second-order valence-corrected chi connectivity index (χ2v) is 10.6. The van der Waals surface area contributed by atoms with Crippen LogP contribution < -0.4 is 0 Å². The summed E-state index contributed by atoms with van der Waals surface area (Å²) in [6.07, 6.45) is 3.43. The lowest BCUT2D eigenvalue weighted by Gasteiger charge is -2.25. The Hall–Kier alpha value is -1.10. The number of hydrogen-bond acceptors (Lipinski definition) is 4. The fourth-order valence-electron chi connectivity index (χ4n) is 3.19. The molecule has 1 heterocycles. The zero-order chi connectivity index (χ0) is 19.8. The lowest BCUT2D eigenvalue weighted by molar-refractivity contribution is -0.111. The Morgan fingerprint density at radius 1 is 1.04 bits per heavy atom. The average molecular weight is 429 g/mol. The van der Waals surface area contributed by atoms with Crippen molar-refractivity contribution in [1.82, 2.24) is 0 Å². The summed E-state index contributed by atoms with van der Waals surface area (Å²) in [5.74, 6) is 2.96. The van der Waals surface area contributed by atoms with Crippen molar-refractivity contribution in [2.75, 3.05) is 17.3 Å². The van der Waals surface area contributed by atoms with Crippen LogP contribution in [0.2, 0.25) is 0 Å². The van der Waals surface area contributed by atoms with E-state index in [0.717, 1.165) is 35.7 Å². The Morgan fingerprint density at radius 2 is 1.71 bits per heavy atom.